The molecule has 0 heterocycles. The molecular weight excluding hydrogens is 312 g/mol. The van der Waals surface area contributed by atoms with Crippen molar-refractivity contribution in [2.45, 2.75) is 90.3 Å². The van der Waals surface area contributed by atoms with Gasteiger partial charge in [-0.3, -0.25) is 9.59 Å². The smallest absolute Gasteiger partial charge is 0.306 e. The first-order valence-electron chi connectivity index (χ1n) is 9.17. The van der Waals surface area contributed by atoms with Gasteiger partial charge in [-0.1, -0.05) is 13.8 Å². The molecule has 0 aromatic carbocycles. The van der Waals surface area contributed by atoms with Crippen molar-refractivity contribution in [2.24, 2.45) is 0 Å². The van der Waals surface area contributed by atoms with E-state index >= 15 is 0 Å². The Bertz CT molecular complexity index is 299. The first kappa shape index (κ1) is 22.9. The Morgan fingerprint density at radius 3 is 1.42 bits per heavy atom. The number of aliphatic hydroxyl groups is 2. The predicted molar refractivity (Wildman–Crippen MR) is 91.4 cm³/mol. The molecule has 2 N–H and O–H groups in total. The van der Waals surface area contributed by atoms with Crippen molar-refractivity contribution in [3.8, 4) is 0 Å². The van der Waals surface area contributed by atoms with Gasteiger partial charge in [-0.25, -0.2) is 0 Å². The fraction of sp³-hybridized carbons (Fsp3) is 0.889. The summed E-state index contributed by atoms with van der Waals surface area (Å²) in [4.78, 5) is 23.5. The number of unbranched alkanes of at least 4 members (excludes halogenated alkanes) is 1. The van der Waals surface area contributed by atoms with Crippen molar-refractivity contribution >= 4 is 11.9 Å². The number of hydrogen-bond acceptors (Lipinski definition) is 6. The minimum atomic E-state index is -0.248. The average Bonchev–Trinajstić information content (AvgIpc) is 2.58. The summed E-state index contributed by atoms with van der Waals surface area (Å²) in [6, 6.07) is 0. The van der Waals surface area contributed by atoms with Crippen molar-refractivity contribution in [2.75, 3.05) is 13.2 Å². The summed E-state index contributed by atoms with van der Waals surface area (Å²) in [6.07, 6.45) is 5.62. The number of rotatable bonds is 15. The van der Waals surface area contributed by atoms with Gasteiger partial charge in [-0.15, -0.1) is 0 Å². The molecule has 6 nitrogen and oxygen atoms in total. The molecule has 0 radical (unpaired) electrons. The van der Waals surface area contributed by atoms with E-state index in [1.54, 1.807) is 0 Å². The summed E-state index contributed by atoms with van der Waals surface area (Å²) in [5.41, 5.74) is 0. The van der Waals surface area contributed by atoms with Crippen LogP contribution in [0.25, 0.3) is 0 Å². The van der Waals surface area contributed by atoms with Crippen molar-refractivity contribution in [1.29, 1.82) is 0 Å². The molecule has 0 aromatic rings. The second kappa shape index (κ2) is 15.4. The second-order valence-electron chi connectivity index (χ2n) is 5.98. The third-order valence-electron chi connectivity index (χ3n) is 3.89. The van der Waals surface area contributed by atoms with Gasteiger partial charge >= 0.3 is 11.9 Å². The van der Waals surface area contributed by atoms with Gasteiger partial charge in [0, 0.05) is 26.1 Å². The third kappa shape index (κ3) is 12.3. The van der Waals surface area contributed by atoms with Crippen molar-refractivity contribution in [3.05, 3.63) is 0 Å². The molecule has 0 rings (SSSR count). The van der Waals surface area contributed by atoms with Gasteiger partial charge in [0.2, 0.25) is 0 Å². The number of carbonyl (C=O) groups is 2. The lowest BCUT2D eigenvalue weighted by molar-refractivity contribution is -0.152. The normalized spacial score (nSPS) is 13.3. The van der Waals surface area contributed by atoms with Crippen LogP contribution in [-0.4, -0.2) is 47.6 Å². The number of carbonyl (C=O) groups excluding carboxylic acids is 2. The molecule has 0 aliphatic rings. The zero-order valence-electron chi connectivity index (χ0n) is 15.2. The van der Waals surface area contributed by atoms with Crippen LogP contribution >= 0.6 is 0 Å². The van der Waals surface area contributed by atoms with E-state index in [0.717, 1.165) is 12.8 Å². The predicted octanol–water partition coefficient (Wildman–Crippen LogP) is 2.74. The maximum Gasteiger partial charge on any atom is 0.306 e. The van der Waals surface area contributed by atoms with Gasteiger partial charge in [0.25, 0.3) is 0 Å². The van der Waals surface area contributed by atoms with Crippen LogP contribution in [-0.2, 0) is 19.1 Å². The molecule has 0 amide bonds. The number of ether oxygens (including phenoxy) is 2. The third-order valence-corrected chi connectivity index (χ3v) is 3.89. The first-order valence-corrected chi connectivity index (χ1v) is 9.17. The van der Waals surface area contributed by atoms with Crippen LogP contribution in [0.2, 0.25) is 0 Å². The van der Waals surface area contributed by atoms with Gasteiger partial charge in [0.1, 0.15) is 12.2 Å². The molecule has 142 valence electrons. The molecule has 0 spiro atoms. The van der Waals surface area contributed by atoms with E-state index in [4.69, 9.17) is 19.7 Å². The quantitative estimate of drug-likeness (QED) is 0.350. The zero-order chi connectivity index (χ0) is 18.2. The lowest BCUT2D eigenvalue weighted by atomic mass is 10.1. The van der Waals surface area contributed by atoms with Crippen LogP contribution in [0.3, 0.4) is 0 Å². The van der Waals surface area contributed by atoms with Crippen LogP contribution in [0.5, 0.6) is 0 Å². The van der Waals surface area contributed by atoms with E-state index in [-0.39, 0.29) is 37.4 Å². The van der Waals surface area contributed by atoms with Crippen molar-refractivity contribution < 1.29 is 29.3 Å². The van der Waals surface area contributed by atoms with Crippen LogP contribution < -0.4 is 0 Å². The molecule has 0 bridgehead atoms. The van der Waals surface area contributed by atoms with E-state index < -0.39 is 0 Å². The summed E-state index contributed by atoms with van der Waals surface area (Å²) >= 11 is 0. The fourth-order valence-electron chi connectivity index (χ4n) is 2.36. The highest BCUT2D eigenvalue weighted by Crippen LogP contribution is 2.12. The van der Waals surface area contributed by atoms with Crippen molar-refractivity contribution in [1.82, 2.24) is 0 Å². The molecule has 2 unspecified atom stereocenters. The Labute approximate surface area is 145 Å². The van der Waals surface area contributed by atoms with E-state index in [9.17, 15) is 9.59 Å². The first-order chi connectivity index (χ1) is 11.6. The Kier molecular flexibility index (Phi) is 14.7. The Balaban J connectivity index is 3.82. The van der Waals surface area contributed by atoms with Crippen LogP contribution in [0.15, 0.2) is 0 Å². The van der Waals surface area contributed by atoms with Crippen molar-refractivity contribution in [3.63, 3.8) is 0 Å². The maximum absolute atomic E-state index is 11.7. The Morgan fingerprint density at radius 1 is 0.750 bits per heavy atom. The number of esters is 2. The average molecular weight is 346 g/mol. The summed E-state index contributed by atoms with van der Waals surface area (Å²) < 4.78 is 10.7. The van der Waals surface area contributed by atoms with Crippen LogP contribution in [0.4, 0.5) is 0 Å². The van der Waals surface area contributed by atoms with Gasteiger partial charge < -0.3 is 19.7 Å². The zero-order valence-corrected chi connectivity index (χ0v) is 15.2. The summed E-state index contributed by atoms with van der Waals surface area (Å²) in [6.45, 7) is 4.11. The molecule has 0 saturated heterocycles. The Morgan fingerprint density at radius 2 is 1.12 bits per heavy atom. The molecule has 24 heavy (non-hydrogen) atoms. The molecule has 0 fully saturated rings. The molecule has 0 aromatic heterocycles. The molecule has 0 aliphatic carbocycles. The van der Waals surface area contributed by atoms with E-state index in [1.165, 1.54) is 0 Å². The van der Waals surface area contributed by atoms with E-state index in [1.807, 2.05) is 13.8 Å². The minimum Gasteiger partial charge on any atom is -0.462 e. The van der Waals surface area contributed by atoms with Gasteiger partial charge in [0.15, 0.2) is 0 Å². The van der Waals surface area contributed by atoms with Crippen LogP contribution in [0, 0.1) is 0 Å². The fourth-order valence-corrected chi connectivity index (χ4v) is 2.36. The highest BCUT2D eigenvalue weighted by Gasteiger charge is 2.14. The van der Waals surface area contributed by atoms with E-state index in [2.05, 4.69) is 0 Å². The maximum atomic E-state index is 11.7. The standard InChI is InChI=1S/C18H34O6/c1-3-15(9-7-13-19)23-17(21)11-5-6-12-18(22)24-16(4-2)10-8-14-20/h15-16,19-20H,3-14H2,1-2H3. The molecule has 6 heteroatoms. The van der Waals surface area contributed by atoms with Gasteiger partial charge in [-0.2, -0.15) is 0 Å². The largest absolute Gasteiger partial charge is 0.462 e. The highest BCUT2D eigenvalue weighted by molar-refractivity contribution is 5.70. The molecule has 0 saturated carbocycles. The summed E-state index contributed by atoms with van der Waals surface area (Å²) in [5, 5.41) is 17.6. The van der Waals surface area contributed by atoms with Gasteiger partial charge in [-0.05, 0) is 51.4 Å². The second-order valence-corrected chi connectivity index (χ2v) is 5.98. The summed E-state index contributed by atoms with van der Waals surface area (Å²) in [7, 11) is 0. The molecular formula is C18H34O6. The van der Waals surface area contributed by atoms with Gasteiger partial charge in [0.05, 0.1) is 0 Å². The molecule has 0 aliphatic heterocycles. The summed E-state index contributed by atoms with van der Waals surface area (Å²) in [5.74, 6) is -0.495. The van der Waals surface area contributed by atoms with Crippen LogP contribution in [0.1, 0.15) is 78.1 Å². The highest BCUT2D eigenvalue weighted by atomic mass is 16.5. The lowest BCUT2D eigenvalue weighted by Crippen LogP contribution is -2.18. The SMILES string of the molecule is CCC(CCCO)OC(=O)CCCCC(=O)OC(CC)CCCO. The Hall–Kier alpha value is -1.14. The number of hydrogen-bond donors (Lipinski definition) is 2. The lowest BCUT2D eigenvalue weighted by Gasteiger charge is -2.16. The van der Waals surface area contributed by atoms with E-state index in [0.29, 0.717) is 51.4 Å². The topological polar surface area (TPSA) is 93.1 Å². The number of aliphatic hydroxyl groups excluding tert-OH is 2. The molecule has 2 atom stereocenters. The monoisotopic (exact) mass is 346 g/mol. The minimum absolute atomic E-state index is 0.104.